The van der Waals surface area contributed by atoms with Gasteiger partial charge in [-0.3, -0.25) is 4.79 Å². The van der Waals surface area contributed by atoms with E-state index in [4.69, 9.17) is 14.0 Å². The molecule has 0 aromatic carbocycles. The largest absolute Gasteiger partial charge is 0.467 e. The summed E-state index contributed by atoms with van der Waals surface area (Å²) in [5.74, 6) is 1.37. The van der Waals surface area contributed by atoms with Crippen LogP contribution >= 0.6 is 0 Å². The molecule has 0 unspecified atom stereocenters. The number of aryl methyl sites for hydroxylation is 1. The lowest BCUT2D eigenvalue weighted by molar-refractivity contribution is 0.0917. The quantitative estimate of drug-likeness (QED) is 0.671. The molecule has 1 amide bonds. The molecule has 2 heterocycles. The highest BCUT2D eigenvalue weighted by Crippen LogP contribution is 2.29. The summed E-state index contributed by atoms with van der Waals surface area (Å²) in [4.78, 5) is 12.2. The van der Waals surface area contributed by atoms with E-state index in [1.54, 1.807) is 25.3 Å². The van der Waals surface area contributed by atoms with Crippen molar-refractivity contribution in [3.8, 4) is 0 Å². The van der Waals surface area contributed by atoms with Crippen LogP contribution in [-0.2, 0) is 13.0 Å². The molecule has 3 rings (SSSR count). The summed E-state index contributed by atoms with van der Waals surface area (Å²) in [6.45, 7) is 2.11. The SMILES string of the molecule is Cc1c(C(=O)NCc2ccco2)oc2c1/C(=N\O)CCC2. The van der Waals surface area contributed by atoms with Crippen LogP contribution in [0.25, 0.3) is 0 Å². The number of furan rings is 2. The number of carbonyl (C=O) groups is 1. The van der Waals surface area contributed by atoms with Crippen molar-refractivity contribution in [1.82, 2.24) is 5.32 Å². The Labute approximate surface area is 121 Å². The molecule has 0 spiro atoms. The van der Waals surface area contributed by atoms with Gasteiger partial charge in [0.15, 0.2) is 5.76 Å². The molecule has 2 aromatic rings. The number of nitrogens with zero attached hydrogens (tertiary/aromatic N) is 1. The minimum atomic E-state index is -0.296. The lowest BCUT2D eigenvalue weighted by Gasteiger charge is -2.11. The Kier molecular flexibility index (Phi) is 3.51. The predicted molar refractivity (Wildman–Crippen MR) is 74.6 cm³/mol. The van der Waals surface area contributed by atoms with E-state index in [9.17, 15) is 4.79 Å². The third kappa shape index (κ3) is 2.44. The molecule has 110 valence electrons. The second-order valence-electron chi connectivity index (χ2n) is 5.02. The van der Waals surface area contributed by atoms with Crippen molar-refractivity contribution in [2.75, 3.05) is 0 Å². The summed E-state index contributed by atoms with van der Waals surface area (Å²) in [6, 6.07) is 3.55. The highest BCUT2D eigenvalue weighted by molar-refractivity contribution is 6.06. The summed E-state index contributed by atoms with van der Waals surface area (Å²) in [7, 11) is 0. The minimum Gasteiger partial charge on any atom is -0.467 e. The van der Waals surface area contributed by atoms with Crippen molar-refractivity contribution >= 4 is 11.6 Å². The van der Waals surface area contributed by atoms with E-state index in [1.165, 1.54) is 0 Å². The van der Waals surface area contributed by atoms with Gasteiger partial charge in [-0.1, -0.05) is 5.16 Å². The third-order valence-corrected chi connectivity index (χ3v) is 3.66. The lowest BCUT2D eigenvalue weighted by Crippen LogP contribution is -2.22. The zero-order valence-electron chi connectivity index (χ0n) is 11.7. The molecule has 0 saturated carbocycles. The van der Waals surface area contributed by atoms with Crippen LogP contribution in [0.5, 0.6) is 0 Å². The number of oxime groups is 1. The van der Waals surface area contributed by atoms with Gasteiger partial charge >= 0.3 is 0 Å². The van der Waals surface area contributed by atoms with Crippen molar-refractivity contribution in [3.63, 3.8) is 0 Å². The molecule has 1 aliphatic rings. The molecule has 0 atom stereocenters. The third-order valence-electron chi connectivity index (χ3n) is 3.66. The fraction of sp³-hybridized carbons (Fsp3) is 0.333. The number of fused-ring (bicyclic) bond motifs is 1. The second kappa shape index (κ2) is 5.47. The Balaban J connectivity index is 1.82. The van der Waals surface area contributed by atoms with Crippen molar-refractivity contribution in [1.29, 1.82) is 0 Å². The van der Waals surface area contributed by atoms with Gasteiger partial charge in [0.25, 0.3) is 5.91 Å². The number of hydrogen-bond donors (Lipinski definition) is 2. The maximum absolute atomic E-state index is 12.2. The Morgan fingerprint density at radius 1 is 1.48 bits per heavy atom. The zero-order valence-corrected chi connectivity index (χ0v) is 11.7. The number of carbonyl (C=O) groups excluding carboxylic acids is 1. The average Bonchev–Trinajstić information content (AvgIpc) is 3.13. The van der Waals surface area contributed by atoms with Gasteiger partial charge < -0.3 is 19.4 Å². The number of nitrogens with one attached hydrogen (secondary N) is 1. The van der Waals surface area contributed by atoms with Gasteiger partial charge in [-0.25, -0.2) is 0 Å². The number of hydrogen-bond acceptors (Lipinski definition) is 5. The Bertz CT molecular complexity index is 683. The predicted octanol–water partition coefficient (Wildman–Crippen LogP) is 2.63. The molecule has 0 saturated heterocycles. The first-order chi connectivity index (χ1) is 10.2. The van der Waals surface area contributed by atoms with E-state index < -0.39 is 0 Å². The molecular weight excluding hydrogens is 272 g/mol. The summed E-state index contributed by atoms with van der Waals surface area (Å²) >= 11 is 0. The highest BCUT2D eigenvalue weighted by atomic mass is 16.4. The first-order valence-corrected chi connectivity index (χ1v) is 6.85. The fourth-order valence-corrected chi connectivity index (χ4v) is 2.65. The summed E-state index contributed by atoms with van der Waals surface area (Å²) in [5.41, 5.74) is 2.07. The molecule has 1 aliphatic carbocycles. The van der Waals surface area contributed by atoms with E-state index in [-0.39, 0.29) is 11.7 Å². The molecule has 0 bridgehead atoms. The van der Waals surface area contributed by atoms with Gasteiger partial charge in [-0.05, 0) is 31.9 Å². The second-order valence-corrected chi connectivity index (χ2v) is 5.02. The van der Waals surface area contributed by atoms with Gasteiger partial charge in [-0.15, -0.1) is 0 Å². The van der Waals surface area contributed by atoms with E-state index in [0.29, 0.717) is 24.4 Å². The molecule has 21 heavy (non-hydrogen) atoms. The summed E-state index contributed by atoms with van der Waals surface area (Å²) in [6.07, 6.45) is 3.85. The normalized spacial score (nSPS) is 16.0. The van der Waals surface area contributed by atoms with Gasteiger partial charge in [0.05, 0.1) is 18.5 Å². The topological polar surface area (TPSA) is 88.0 Å². The van der Waals surface area contributed by atoms with E-state index in [1.807, 2.05) is 0 Å². The van der Waals surface area contributed by atoms with Crippen LogP contribution in [0.1, 0.15) is 46.0 Å². The van der Waals surface area contributed by atoms with Crippen LogP contribution in [0.15, 0.2) is 32.4 Å². The van der Waals surface area contributed by atoms with Crippen molar-refractivity contribution in [3.05, 3.63) is 46.8 Å². The lowest BCUT2D eigenvalue weighted by atomic mass is 9.93. The molecule has 2 aromatic heterocycles. The monoisotopic (exact) mass is 288 g/mol. The highest BCUT2D eigenvalue weighted by Gasteiger charge is 2.28. The molecule has 6 heteroatoms. The molecule has 0 fully saturated rings. The van der Waals surface area contributed by atoms with E-state index in [2.05, 4.69) is 10.5 Å². The van der Waals surface area contributed by atoms with Crippen LogP contribution in [0.2, 0.25) is 0 Å². The minimum absolute atomic E-state index is 0.273. The van der Waals surface area contributed by atoms with E-state index >= 15 is 0 Å². The maximum Gasteiger partial charge on any atom is 0.287 e. The smallest absolute Gasteiger partial charge is 0.287 e. The molecular formula is C15H16N2O4. The fourth-order valence-electron chi connectivity index (χ4n) is 2.65. The van der Waals surface area contributed by atoms with Crippen molar-refractivity contribution in [2.45, 2.75) is 32.7 Å². The zero-order chi connectivity index (χ0) is 14.8. The first kappa shape index (κ1) is 13.5. The number of rotatable bonds is 3. The summed E-state index contributed by atoms with van der Waals surface area (Å²) in [5, 5.41) is 15.1. The Morgan fingerprint density at radius 3 is 3.05 bits per heavy atom. The maximum atomic E-state index is 12.2. The van der Waals surface area contributed by atoms with Crippen LogP contribution in [0, 0.1) is 6.92 Å². The van der Waals surface area contributed by atoms with Crippen LogP contribution in [-0.4, -0.2) is 16.8 Å². The van der Waals surface area contributed by atoms with Crippen molar-refractivity contribution in [2.24, 2.45) is 5.16 Å². The van der Waals surface area contributed by atoms with Crippen LogP contribution < -0.4 is 5.32 Å². The molecule has 6 nitrogen and oxygen atoms in total. The first-order valence-electron chi connectivity index (χ1n) is 6.85. The molecule has 0 aliphatic heterocycles. The van der Waals surface area contributed by atoms with Crippen molar-refractivity contribution < 1.29 is 18.8 Å². The van der Waals surface area contributed by atoms with Crippen LogP contribution in [0.3, 0.4) is 0 Å². The molecule has 2 N–H and O–H groups in total. The number of amides is 1. The van der Waals surface area contributed by atoms with Gasteiger partial charge in [0.2, 0.25) is 0 Å². The Morgan fingerprint density at radius 2 is 2.33 bits per heavy atom. The standard InChI is InChI=1S/C15H16N2O4/c1-9-13-11(17-19)5-2-6-12(13)21-14(9)15(18)16-8-10-4-3-7-20-10/h3-4,7,19H,2,5-6,8H2,1H3,(H,16,18)/b17-11-. The summed E-state index contributed by atoms with van der Waals surface area (Å²) < 4.78 is 10.8. The Hall–Kier alpha value is -2.50. The average molecular weight is 288 g/mol. The van der Waals surface area contributed by atoms with E-state index in [0.717, 1.165) is 29.7 Å². The van der Waals surface area contributed by atoms with Gasteiger partial charge in [-0.2, -0.15) is 0 Å². The van der Waals surface area contributed by atoms with Gasteiger partial charge in [0.1, 0.15) is 11.5 Å². The van der Waals surface area contributed by atoms with Gasteiger partial charge in [0, 0.05) is 17.5 Å². The molecule has 0 radical (unpaired) electrons. The van der Waals surface area contributed by atoms with Crippen LogP contribution in [0.4, 0.5) is 0 Å².